The van der Waals surface area contributed by atoms with E-state index < -0.39 is 27.0 Å². The number of nitrogens with zero attached hydrogens (tertiary/aromatic N) is 4. The van der Waals surface area contributed by atoms with Crippen molar-refractivity contribution in [2.75, 3.05) is 0 Å². The van der Waals surface area contributed by atoms with Crippen molar-refractivity contribution >= 4 is 34.4 Å². The van der Waals surface area contributed by atoms with Gasteiger partial charge in [-0.15, -0.1) is 0 Å². The zero-order chi connectivity index (χ0) is 21.3. The molecule has 0 aliphatic rings. The van der Waals surface area contributed by atoms with Gasteiger partial charge in [-0.25, -0.2) is 4.98 Å². The fraction of sp³-hybridized carbons (Fsp3) is 0. The number of nitro benzene ring substituents is 2. The van der Waals surface area contributed by atoms with Gasteiger partial charge in [-0.1, -0.05) is 18.2 Å². The average Bonchev–Trinajstić information content (AvgIpc) is 3.16. The number of fused-ring (bicyclic) bond motifs is 1. The predicted molar refractivity (Wildman–Crippen MR) is 108 cm³/mol. The molecule has 0 saturated heterocycles. The lowest BCUT2D eigenvalue weighted by molar-refractivity contribution is -0.394. The van der Waals surface area contributed by atoms with Gasteiger partial charge >= 0.3 is 5.69 Å². The highest BCUT2D eigenvalue weighted by Crippen LogP contribution is 2.34. The third kappa shape index (κ3) is 3.56. The van der Waals surface area contributed by atoms with Crippen molar-refractivity contribution in [2.24, 2.45) is 4.99 Å². The summed E-state index contributed by atoms with van der Waals surface area (Å²) in [5.74, 6) is -0.262. The standard InChI is InChI=1S/C20H12N4O6/c25-19-13(8-15(23(26)27)10-17(19)24(28)29)11-21-14-6-7-18-16(9-14)22-20(30-18)12-4-2-1-3-5-12/h1-11,25H. The van der Waals surface area contributed by atoms with Crippen LogP contribution >= 0.6 is 0 Å². The summed E-state index contributed by atoms with van der Waals surface area (Å²) < 4.78 is 5.72. The van der Waals surface area contributed by atoms with Gasteiger partial charge in [-0.2, -0.15) is 0 Å². The minimum absolute atomic E-state index is 0.152. The Morgan fingerprint density at radius 1 is 1.00 bits per heavy atom. The Balaban J connectivity index is 1.70. The summed E-state index contributed by atoms with van der Waals surface area (Å²) in [5, 5.41) is 32.1. The number of aliphatic imine (C=N–C) groups is 1. The van der Waals surface area contributed by atoms with E-state index in [9.17, 15) is 25.3 Å². The van der Waals surface area contributed by atoms with Crippen LogP contribution in [0, 0.1) is 20.2 Å². The molecule has 0 spiro atoms. The Morgan fingerprint density at radius 2 is 1.77 bits per heavy atom. The topological polar surface area (TPSA) is 145 Å². The van der Waals surface area contributed by atoms with Crippen molar-refractivity contribution in [3.63, 3.8) is 0 Å². The van der Waals surface area contributed by atoms with Crippen LogP contribution < -0.4 is 0 Å². The lowest BCUT2D eigenvalue weighted by atomic mass is 10.1. The first-order valence-corrected chi connectivity index (χ1v) is 8.58. The molecule has 0 aliphatic heterocycles. The van der Waals surface area contributed by atoms with E-state index in [0.29, 0.717) is 28.7 Å². The summed E-state index contributed by atoms with van der Waals surface area (Å²) in [6.45, 7) is 0. The van der Waals surface area contributed by atoms with Crippen LogP contribution in [0.15, 0.2) is 70.1 Å². The highest BCUT2D eigenvalue weighted by Gasteiger charge is 2.23. The number of phenols is 1. The van der Waals surface area contributed by atoms with Crippen LogP contribution in [0.4, 0.5) is 17.1 Å². The number of non-ortho nitro benzene ring substituents is 1. The van der Waals surface area contributed by atoms with Gasteiger partial charge in [0.25, 0.3) is 5.69 Å². The molecule has 0 bridgehead atoms. The molecule has 0 amide bonds. The quantitative estimate of drug-likeness (QED) is 0.286. The number of phenolic OH excluding ortho intramolecular Hbond substituents is 1. The number of hydrogen-bond donors (Lipinski definition) is 1. The van der Waals surface area contributed by atoms with Crippen molar-refractivity contribution in [2.45, 2.75) is 0 Å². The summed E-state index contributed by atoms with van der Waals surface area (Å²) >= 11 is 0. The Labute approximate surface area is 168 Å². The van der Waals surface area contributed by atoms with Gasteiger partial charge in [0, 0.05) is 23.4 Å². The van der Waals surface area contributed by atoms with Gasteiger partial charge in [0.1, 0.15) is 5.52 Å². The van der Waals surface area contributed by atoms with E-state index in [0.717, 1.165) is 17.8 Å². The van der Waals surface area contributed by atoms with Crippen LogP contribution in [-0.2, 0) is 0 Å². The van der Waals surface area contributed by atoms with Gasteiger partial charge in [0.15, 0.2) is 5.58 Å². The van der Waals surface area contributed by atoms with E-state index in [-0.39, 0.29) is 5.56 Å². The third-order valence-corrected chi connectivity index (χ3v) is 4.26. The lowest BCUT2D eigenvalue weighted by Gasteiger charge is -2.01. The third-order valence-electron chi connectivity index (χ3n) is 4.26. The smallest absolute Gasteiger partial charge is 0.318 e. The summed E-state index contributed by atoms with van der Waals surface area (Å²) in [6, 6.07) is 16.0. The molecule has 4 rings (SSSR count). The molecular weight excluding hydrogens is 392 g/mol. The van der Waals surface area contributed by atoms with Crippen LogP contribution in [0.25, 0.3) is 22.6 Å². The summed E-state index contributed by atoms with van der Waals surface area (Å²) in [6.07, 6.45) is 1.12. The minimum Gasteiger partial charge on any atom is -0.502 e. The Morgan fingerprint density at radius 3 is 2.47 bits per heavy atom. The van der Waals surface area contributed by atoms with Crippen LogP contribution in [0.1, 0.15) is 5.56 Å². The van der Waals surface area contributed by atoms with Crippen molar-refractivity contribution in [1.82, 2.24) is 4.98 Å². The molecule has 4 aromatic rings. The number of rotatable bonds is 5. The van der Waals surface area contributed by atoms with Gasteiger partial charge in [0.05, 0.1) is 21.6 Å². The SMILES string of the molecule is O=[N+]([O-])c1cc(C=Nc2ccc3oc(-c4ccccc4)nc3c2)c(O)c([N+](=O)[O-])c1. The number of benzene rings is 3. The fourth-order valence-corrected chi connectivity index (χ4v) is 2.81. The number of aromatic nitrogens is 1. The molecule has 10 heteroatoms. The van der Waals surface area contributed by atoms with Gasteiger partial charge < -0.3 is 9.52 Å². The summed E-state index contributed by atoms with van der Waals surface area (Å²) in [7, 11) is 0. The highest BCUT2D eigenvalue weighted by molar-refractivity contribution is 5.89. The van der Waals surface area contributed by atoms with Gasteiger partial charge in [-0.05, 0) is 30.3 Å². The second kappa shape index (κ2) is 7.43. The predicted octanol–water partition coefficient (Wildman–Crippen LogP) is 4.77. The zero-order valence-corrected chi connectivity index (χ0v) is 15.1. The van der Waals surface area contributed by atoms with Crippen LogP contribution in [0.3, 0.4) is 0 Å². The molecule has 1 heterocycles. The molecular formula is C20H12N4O6. The maximum atomic E-state index is 11.0. The van der Waals surface area contributed by atoms with Gasteiger partial charge in [0.2, 0.25) is 11.6 Å². The molecule has 0 fully saturated rings. The van der Waals surface area contributed by atoms with Crippen LogP contribution in [0.2, 0.25) is 0 Å². The second-order valence-electron chi connectivity index (χ2n) is 6.21. The van der Waals surface area contributed by atoms with E-state index in [1.165, 1.54) is 0 Å². The lowest BCUT2D eigenvalue weighted by Crippen LogP contribution is -1.96. The molecule has 1 aromatic heterocycles. The van der Waals surface area contributed by atoms with Crippen molar-refractivity contribution in [1.29, 1.82) is 0 Å². The minimum atomic E-state index is -0.897. The summed E-state index contributed by atoms with van der Waals surface area (Å²) in [5.41, 5.74) is 0.863. The number of hydrogen-bond acceptors (Lipinski definition) is 8. The normalized spacial score (nSPS) is 11.2. The monoisotopic (exact) mass is 404 g/mol. The number of aromatic hydroxyl groups is 1. The molecule has 30 heavy (non-hydrogen) atoms. The van der Waals surface area contributed by atoms with Gasteiger partial charge in [-0.3, -0.25) is 25.2 Å². The first-order chi connectivity index (χ1) is 14.4. The van der Waals surface area contributed by atoms with E-state index in [4.69, 9.17) is 4.42 Å². The maximum absolute atomic E-state index is 11.0. The Kier molecular flexibility index (Phi) is 4.64. The fourth-order valence-electron chi connectivity index (χ4n) is 2.81. The largest absolute Gasteiger partial charge is 0.502 e. The van der Waals surface area contributed by atoms with E-state index in [1.807, 2.05) is 30.3 Å². The Bertz CT molecular complexity index is 1310. The molecule has 0 saturated carbocycles. The number of nitro groups is 2. The average molecular weight is 404 g/mol. The maximum Gasteiger partial charge on any atom is 0.318 e. The van der Waals surface area contributed by atoms with Crippen molar-refractivity contribution in [3.8, 4) is 17.2 Å². The first kappa shape index (κ1) is 18.7. The molecule has 10 nitrogen and oxygen atoms in total. The molecule has 0 unspecified atom stereocenters. The second-order valence-corrected chi connectivity index (χ2v) is 6.21. The van der Waals surface area contributed by atoms with Crippen molar-refractivity contribution < 1.29 is 19.4 Å². The molecule has 0 radical (unpaired) electrons. The molecule has 1 N–H and O–H groups in total. The van der Waals surface area contributed by atoms with Crippen molar-refractivity contribution in [3.05, 3.63) is 86.5 Å². The Hall–Kier alpha value is -4.60. The molecule has 148 valence electrons. The molecule has 0 atom stereocenters. The first-order valence-electron chi connectivity index (χ1n) is 8.58. The number of oxazole rings is 1. The molecule has 0 aliphatic carbocycles. The molecule has 3 aromatic carbocycles. The van der Waals surface area contributed by atoms with E-state index in [2.05, 4.69) is 9.98 Å². The highest BCUT2D eigenvalue weighted by atomic mass is 16.6. The van der Waals surface area contributed by atoms with E-state index in [1.54, 1.807) is 18.2 Å². The summed E-state index contributed by atoms with van der Waals surface area (Å²) in [4.78, 5) is 29.0. The van der Waals surface area contributed by atoms with E-state index >= 15 is 0 Å². The van der Waals surface area contributed by atoms with Crippen LogP contribution in [0.5, 0.6) is 5.75 Å². The van der Waals surface area contributed by atoms with Crippen LogP contribution in [-0.4, -0.2) is 26.2 Å². The zero-order valence-electron chi connectivity index (χ0n) is 15.1.